The zero-order valence-electron chi connectivity index (χ0n) is 18.5. The second-order valence-electron chi connectivity index (χ2n) is 8.10. The lowest BCUT2D eigenvalue weighted by Crippen LogP contribution is -2.32. The number of aliphatic hydroxyl groups is 1. The number of nitrogens with one attached hydrogen (secondary N) is 2. The summed E-state index contributed by atoms with van der Waals surface area (Å²) in [4.78, 5) is 20.3. The maximum atomic E-state index is 13.6. The number of alkyl halides is 2. The number of pyridine rings is 1. The Balaban J connectivity index is 2.00. The highest BCUT2D eigenvalue weighted by Gasteiger charge is 2.25. The number of aromatic nitrogens is 1. The summed E-state index contributed by atoms with van der Waals surface area (Å²) in [5, 5.41) is 20.1. The molecule has 1 aromatic heterocycles. The Labute approximate surface area is 198 Å². The Morgan fingerprint density at radius 3 is 2.59 bits per heavy atom. The lowest BCUT2D eigenvalue weighted by atomic mass is 10.1. The number of nitrogens with two attached hydrogens (primary N) is 1. The summed E-state index contributed by atoms with van der Waals surface area (Å²) < 4.78 is 40.7. The van der Waals surface area contributed by atoms with Crippen LogP contribution in [-0.2, 0) is 0 Å². The number of carbonyl (C=O) groups is 1. The van der Waals surface area contributed by atoms with Crippen LogP contribution in [0.25, 0.3) is 5.70 Å². The molecular weight excluding hydrogens is 468 g/mol. The van der Waals surface area contributed by atoms with Crippen LogP contribution in [0.15, 0.2) is 41.8 Å². The van der Waals surface area contributed by atoms with Crippen molar-refractivity contribution in [2.45, 2.75) is 31.3 Å². The van der Waals surface area contributed by atoms with Crippen LogP contribution in [0, 0.1) is 5.41 Å². The maximum absolute atomic E-state index is 13.6. The van der Waals surface area contributed by atoms with E-state index in [2.05, 4.69) is 10.3 Å². The standard InChI is InChI=1S/C22H28F3N6O2P/c23-15-5-8-31(12-19(15)32)18(10-26)20(27)14-11-28-17(9-16(14)29-13-22(24,25)34)21(33)30-6-3-1-2-4-7-30/h5,9-12,26,32H,1-4,6-8,13,27,34H2,(H,28,29). The highest BCUT2D eigenvalue weighted by atomic mass is 31.0. The molecule has 3 heterocycles. The normalized spacial score (nSPS) is 17.9. The summed E-state index contributed by atoms with van der Waals surface area (Å²) >= 11 is 0. The minimum Gasteiger partial charge on any atom is -0.504 e. The van der Waals surface area contributed by atoms with E-state index in [1.165, 1.54) is 26.4 Å². The first-order valence-corrected chi connectivity index (χ1v) is 11.4. The number of nitrogens with zero attached hydrogens (tertiary/aromatic N) is 3. The Bertz CT molecular complexity index is 1030. The van der Waals surface area contributed by atoms with E-state index in [-0.39, 0.29) is 40.8 Å². The molecule has 1 unspecified atom stereocenters. The number of allylic oxidation sites excluding steroid dienone is 2. The zero-order valence-corrected chi connectivity index (χ0v) is 19.7. The summed E-state index contributed by atoms with van der Waals surface area (Å²) in [6, 6.07) is 1.37. The van der Waals surface area contributed by atoms with Gasteiger partial charge >= 0.3 is 0 Å². The molecule has 3 rings (SSSR count). The molecule has 5 N–H and O–H groups in total. The first kappa shape index (κ1) is 25.6. The highest BCUT2D eigenvalue weighted by Crippen LogP contribution is 2.29. The molecule has 0 bridgehead atoms. The molecule has 2 aliphatic rings. The van der Waals surface area contributed by atoms with Crippen LogP contribution in [0.5, 0.6) is 0 Å². The van der Waals surface area contributed by atoms with Crippen LogP contribution in [0.1, 0.15) is 41.7 Å². The highest BCUT2D eigenvalue weighted by molar-refractivity contribution is 7.18. The Morgan fingerprint density at radius 1 is 1.32 bits per heavy atom. The van der Waals surface area contributed by atoms with Crippen LogP contribution in [0.3, 0.4) is 0 Å². The zero-order chi connectivity index (χ0) is 24.9. The molecule has 1 fully saturated rings. The first-order valence-electron chi connectivity index (χ1n) is 10.8. The van der Waals surface area contributed by atoms with Gasteiger partial charge < -0.3 is 31.4 Å². The second kappa shape index (κ2) is 10.9. The minimum absolute atomic E-state index is 0.00724. The van der Waals surface area contributed by atoms with Gasteiger partial charge in [0.15, 0.2) is 11.6 Å². The molecule has 34 heavy (non-hydrogen) atoms. The van der Waals surface area contributed by atoms with E-state index in [0.29, 0.717) is 13.1 Å². The summed E-state index contributed by atoms with van der Waals surface area (Å²) in [7, 11) is 1.44. The van der Waals surface area contributed by atoms with Crippen molar-refractivity contribution < 1.29 is 23.1 Å². The number of hydrogen-bond acceptors (Lipinski definition) is 7. The number of rotatable bonds is 7. The van der Waals surface area contributed by atoms with Crippen LogP contribution in [0.2, 0.25) is 0 Å². The van der Waals surface area contributed by atoms with E-state index in [1.54, 1.807) is 4.90 Å². The Hall–Kier alpha value is -3.07. The average Bonchev–Trinajstić information content (AvgIpc) is 3.09. The third-order valence-electron chi connectivity index (χ3n) is 5.53. The van der Waals surface area contributed by atoms with Gasteiger partial charge in [-0.25, -0.2) is 13.2 Å². The number of anilines is 1. The summed E-state index contributed by atoms with van der Waals surface area (Å²) in [5.41, 5.74) is 3.64. The number of amides is 1. The van der Waals surface area contributed by atoms with Crippen molar-refractivity contribution >= 4 is 32.7 Å². The molecule has 12 heteroatoms. The van der Waals surface area contributed by atoms with Gasteiger partial charge in [0.1, 0.15) is 5.69 Å². The largest absolute Gasteiger partial charge is 0.504 e. The van der Waals surface area contributed by atoms with Crippen molar-refractivity contribution in [1.82, 2.24) is 14.8 Å². The monoisotopic (exact) mass is 496 g/mol. The van der Waals surface area contributed by atoms with Crippen molar-refractivity contribution in [3.63, 3.8) is 0 Å². The van der Waals surface area contributed by atoms with Gasteiger partial charge in [-0.2, -0.15) is 0 Å². The molecule has 1 aromatic rings. The molecule has 0 radical (unpaired) electrons. The smallest absolute Gasteiger partial charge is 0.275 e. The number of aliphatic hydroxyl groups excluding tert-OH is 1. The predicted octanol–water partition coefficient (Wildman–Crippen LogP) is 3.82. The molecule has 8 nitrogen and oxygen atoms in total. The van der Waals surface area contributed by atoms with Crippen LogP contribution in [0.4, 0.5) is 18.9 Å². The van der Waals surface area contributed by atoms with Crippen molar-refractivity contribution in [2.24, 2.45) is 5.73 Å². The third kappa shape index (κ3) is 6.28. The lowest BCUT2D eigenvalue weighted by molar-refractivity contribution is 0.0756. The van der Waals surface area contributed by atoms with E-state index in [4.69, 9.17) is 11.1 Å². The molecule has 1 amide bonds. The fourth-order valence-electron chi connectivity index (χ4n) is 3.75. The van der Waals surface area contributed by atoms with Crippen molar-refractivity contribution in [2.75, 3.05) is 31.5 Å². The Kier molecular flexibility index (Phi) is 8.19. The topological polar surface area (TPSA) is 119 Å². The molecule has 1 atom stereocenters. The molecule has 0 spiro atoms. The molecule has 184 valence electrons. The van der Waals surface area contributed by atoms with E-state index >= 15 is 0 Å². The molecule has 0 aliphatic carbocycles. The van der Waals surface area contributed by atoms with Gasteiger partial charge in [0.05, 0.1) is 17.9 Å². The first-order chi connectivity index (χ1) is 16.1. The number of hydrogen-bond donors (Lipinski definition) is 4. The number of likely N-dealkylation sites (tertiary alicyclic amines) is 1. The van der Waals surface area contributed by atoms with Gasteiger partial charge in [0, 0.05) is 49.5 Å². The molecular formula is C22H28F3N6O2P. The fraction of sp³-hybridized carbons (Fsp3) is 0.409. The van der Waals surface area contributed by atoms with E-state index in [9.17, 15) is 23.1 Å². The van der Waals surface area contributed by atoms with Crippen LogP contribution < -0.4 is 11.1 Å². The van der Waals surface area contributed by atoms with Crippen molar-refractivity contribution in [1.29, 1.82) is 5.41 Å². The summed E-state index contributed by atoms with van der Waals surface area (Å²) in [5.74, 6) is -1.73. The van der Waals surface area contributed by atoms with Crippen LogP contribution >= 0.6 is 9.24 Å². The fourth-order valence-corrected chi connectivity index (χ4v) is 3.85. The SMILES string of the molecule is N=CC(=C(N)c1cnc(C(=O)N2CCCCCC2)cc1NCC(F)(F)P)N1C=C(O)C(F)=CC1. The third-order valence-corrected chi connectivity index (χ3v) is 5.74. The quantitative estimate of drug-likeness (QED) is 0.337. The molecule has 1 saturated heterocycles. The summed E-state index contributed by atoms with van der Waals surface area (Å²) in [6.45, 7) is 0.442. The Morgan fingerprint density at radius 2 is 2.00 bits per heavy atom. The van der Waals surface area contributed by atoms with Gasteiger partial charge in [-0.3, -0.25) is 9.78 Å². The van der Waals surface area contributed by atoms with Gasteiger partial charge in [-0.1, -0.05) is 22.1 Å². The molecule has 0 saturated carbocycles. The van der Waals surface area contributed by atoms with Gasteiger partial charge in [0.25, 0.3) is 11.6 Å². The number of carbonyl (C=O) groups excluding carboxylic acids is 1. The van der Waals surface area contributed by atoms with E-state index in [1.807, 2.05) is 0 Å². The van der Waals surface area contributed by atoms with E-state index in [0.717, 1.165) is 44.2 Å². The van der Waals surface area contributed by atoms with Crippen molar-refractivity contribution in [3.8, 4) is 0 Å². The summed E-state index contributed by atoms with van der Waals surface area (Å²) in [6.07, 6.45) is 8.24. The van der Waals surface area contributed by atoms with Gasteiger partial charge in [-0.05, 0) is 25.0 Å². The number of halogens is 3. The lowest BCUT2D eigenvalue weighted by Gasteiger charge is -2.25. The van der Waals surface area contributed by atoms with Crippen LogP contribution in [-0.4, -0.2) is 63.9 Å². The van der Waals surface area contributed by atoms with Gasteiger partial charge in [-0.15, -0.1) is 0 Å². The average molecular weight is 496 g/mol. The van der Waals surface area contributed by atoms with Crippen molar-refractivity contribution in [3.05, 3.63) is 53.1 Å². The molecule has 0 aromatic carbocycles. The minimum atomic E-state index is -3.12. The van der Waals surface area contributed by atoms with E-state index < -0.39 is 23.8 Å². The maximum Gasteiger partial charge on any atom is 0.275 e. The second-order valence-corrected chi connectivity index (χ2v) is 8.94. The molecule has 2 aliphatic heterocycles. The predicted molar refractivity (Wildman–Crippen MR) is 128 cm³/mol. The van der Waals surface area contributed by atoms with Gasteiger partial charge in [0.2, 0.25) is 0 Å².